The van der Waals surface area contributed by atoms with Crippen LogP contribution in [-0.2, 0) is 55.3 Å². The van der Waals surface area contributed by atoms with Crippen molar-refractivity contribution in [3.05, 3.63) is 212 Å². The highest BCUT2D eigenvalue weighted by atomic mass is 32.2. The Morgan fingerprint density at radius 3 is 0.970 bits per heavy atom. The van der Waals surface area contributed by atoms with Crippen LogP contribution in [0.15, 0.2) is 164 Å². The number of rotatable bonds is 29. The van der Waals surface area contributed by atoms with Gasteiger partial charge in [0.1, 0.15) is 58.8 Å². The molecule has 2 fully saturated rings. The largest absolute Gasteiger partial charge is 0.490 e. The molecule has 0 amide bonds. The van der Waals surface area contributed by atoms with Gasteiger partial charge in [0.15, 0.2) is 0 Å². The van der Waals surface area contributed by atoms with Crippen LogP contribution < -0.4 is 28.4 Å². The van der Waals surface area contributed by atoms with E-state index in [1.165, 1.54) is 22.3 Å². The maximum Gasteiger partial charge on any atom is 0.258 e. The zero-order valence-corrected chi connectivity index (χ0v) is 78.9. The molecule has 134 heavy (non-hydrogen) atoms. The minimum absolute atomic E-state index is 0.0217. The van der Waals surface area contributed by atoms with Crippen molar-refractivity contribution in [2.75, 3.05) is 37.7 Å². The monoisotopic (exact) mass is 1840 g/mol. The Labute approximate surface area is 780 Å². The Morgan fingerprint density at radius 2 is 0.694 bits per heavy atom. The van der Waals surface area contributed by atoms with Crippen LogP contribution in [0.3, 0.4) is 0 Å². The first kappa shape index (κ1) is 95.2. The number of hydrogen-bond acceptors (Lipinski definition) is 28. The van der Waals surface area contributed by atoms with Crippen molar-refractivity contribution in [2.45, 2.75) is 203 Å². The van der Waals surface area contributed by atoms with E-state index in [0.717, 1.165) is 109 Å². The molecule has 12 aromatic rings. The second-order valence-corrected chi connectivity index (χ2v) is 39.7. The number of carbonyl (C=O) groups is 2. The summed E-state index contributed by atoms with van der Waals surface area (Å²) < 4.78 is 100. The number of ketones is 2. The van der Waals surface area contributed by atoms with Crippen molar-refractivity contribution in [1.29, 1.82) is 21.0 Å². The zero-order valence-electron chi connectivity index (χ0n) is 77.3. The molecule has 692 valence electrons. The maximum absolute atomic E-state index is 12.5. The molecule has 4 aromatic heterocycles. The van der Waals surface area contributed by atoms with Gasteiger partial charge in [0, 0.05) is 107 Å². The molecule has 0 radical (unpaired) electrons. The number of fused-ring (bicyclic) bond motifs is 4. The number of aromatic nitrogens is 8. The van der Waals surface area contributed by atoms with Gasteiger partial charge in [-0.2, -0.15) is 41.0 Å². The molecule has 6 heterocycles. The summed E-state index contributed by atoms with van der Waals surface area (Å²) in [5.41, 5.74) is 16.9. The van der Waals surface area contributed by atoms with E-state index in [1.807, 2.05) is 149 Å². The number of ether oxygens (including phenoxy) is 4. The number of sulfonamides is 2. The summed E-state index contributed by atoms with van der Waals surface area (Å²) in [7, 11) is -6.70. The van der Waals surface area contributed by atoms with Gasteiger partial charge in [0.25, 0.3) is 23.6 Å². The number of carbonyl (C=O) groups excluding carboxylic acids is 2. The van der Waals surface area contributed by atoms with E-state index in [1.54, 1.807) is 74.5 Å². The van der Waals surface area contributed by atoms with Crippen LogP contribution in [0.4, 0.5) is 0 Å². The van der Waals surface area contributed by atoms with Crippen molar-refractivity contribution in [3.63, 3.8) is 0 Å². The van der Waals surface area contributed by atoms with Gasteiger partial charge in [-0.15, -0.1) is 0 Å². The first-order valence-electron chi connectivity index (χ1n) is 45.5. The molecule has 4 atom stereocenters. The average Bonchev–Trinajstić information content (AvgIpc) is 1.61. The summed E-state index contributed by atoms with van der Waals surface area (Å²) in [4.78, 5) is 46.5. The molecule has 18 rings (SSSR count). The van der Waals surface area contributed by atoms with Crippen molar-refractivity contribution in [1.82, 2.24) is 59.8 Å². The number of Topliss-reactive ketones (excluding diaryl/α,β-unsaturated/α-hetero) is 2. The van der Waals surface area contributed by atoms with Crippen molar-refractivity contribution >= 4 is 31.6 Å². The van der Waals surface area contributed by atoms with E-state index in [4.69, 9.17) is 37.0 Å². The Bertz CT molecular complexity index is 6580. The lowest BCUT2D eigenvalue weighted by Gasteiger charge is -2.42. The molecular weight excluding hydrogens is 1740 g/mol. The molecule has 30 nitrogen and oxygen atoms in total. The molecule has 6 aliphatic rings. The number of hydrogen-bond donors (Lipinski definition) is 2. The average molecular weight is 1850 g/mol. The van der Waals surface area contributed by atoms with Gasteiger partial charge < -0.3 is 37.0 Å². The van der Waals surface area contributed by atoms with E-state index < -0.39 is 20.0 Å². The summed E-state index contributed by atoms with van der Waals surface area (Å²) in [6, 6.07) is 53.8. The molecule has 2 saturated heterocycles. The second kappa shape index (κ2) is 41.4. The van der Waals surface area contributed by atoms with Crippen LogP contribution in [0.1, 0.15) is 219 Å². The highest BCUT2D eigenvalue weighted by molar-refractivity contribution is 7.89. The molecule has 2 aliphatic heterocycles. The van der Waals surface area contributed by atoms with Crippen molar-refractivity contribution < 1.29 is 63.5 Å². The zero-order chi connectivity index (χ0) is 95.0. The Morgan fingerprint density at radius 1 is 0.410 bits per heavy atom. The fraction of sp³-hybridized carbons (Fsp3) is 0.392. The van der Waals surface area contributed by atoms with Crippen LogP contribution >= 0.6 is 0 Å². The van der Waals surface area contributed by atoms with Crippen molar-refractivity contribution in [3.8, 4) is 139 Å². The topological polar surface area (TPSA) is 421 Å². The third-order valence-corrected chi connectivity index (χ3v) is 27.6. The normalized spacial score (nSPS) is 16.7. The first-order chi connectivity index (χ1) is 64.4. The quantitative estimate of drug-likeness (QED) is 0.0439. The predicted molar refractivity (Wildman–Crippen MR) is 502 cm³/mol. The van der Waals surface area contributed by atoms with Crippen LogP contribution in [-0.4, -0.2) is 141 Å². The number of benzene rings is 8. The molecule has 32 heteroatoms. The molecule has 2 N–H and O–H groups in total. The Hall–Kier alpha value is -13.4. The summed E-state index contributed by atoms with van der Waals surface area (Å²) in [6.45, 7) is 27.8. The fourth-order valence-electron chi connectivity index (χ4n) is 18.0. The lowest BCUT2D eigenvalue weighted by molar-refractivity contribution is -0.127. The molecule has 0 saturated carbocycles. The number of nitriles is 4. The van der Waals surface area contributed by atoms with Crippen LogP contribution in [0.2, 0.25) is 0 Å². The third-order valence-electron chi connectivity index (χ3n) is 24.3. The van der Waals surface area contributed by atoms with E-state index in [9.17, 15) is 47.5 Å². The minimum atomic E-state index is -3.37. The van der Waals surface area contributed by atoms with Gasteiger partial charge in [-0.3, -0.25) is 19.4 Å². The Balaban J connectivity index is 0.000000136. The van der Waals surface area contributed by atoms with Crippen LogP contribution in [0.25, 0.3) is 91.4 Å². The summed E-state index contributed by atoms with van der Waals surface area (Å²) in [5, 5.41) is 54.9. The molecule has 0 bridgehead atoms. The molecule has 4 aliphatic carbocycles. The second-order valence-electron chi connectivity index (χ2n) is 36.0. The van der Waals surface area contributed by atoms with Crippen molar-refractivity contribution in [2.24, 2.45) is 17.8 Å². The maximum atomic E-state index is 12.5. The van der Waals surface area contributed by atoms with Gasteiger partial charge >= 0.3 is 0 Å². The fourth-order valence-corrected chi connectivity index (χ4v) is 21.1. The van der Waals surface area contributed by atoms with Gasteiger partial charge in [0.2, 0.25) is 43.3 Å². The number of nitrogens with one attached hydrogen (secondary N) is 2. The SMILES string of the molecule is CC(=O)C1CN([C@@H]2CCc3c(-c4noc(-c5ccc(OC(C)C)c(C#N)c5)n4)cccc32)C1.CC(=O)C1CN([C@H]2CCc3c(-c4noc(-c5ccc(OC(C)C)c(C#N)c5)n4)cccc32)C1.CC(C)CS(=O)(=O)N[C@@H]1CCc2c(-c3noc(-c4ccc(OC(C)C)c(C#N)c4)n3)cccc21.CCCCS(=O)(=O)N[C@H]1CCc2c(-c3noc(-c4ccc(OC(C)C)c(C#N)c4)n3)cccc21. The smallest absolute Gasteiger partial charge is 0.258 e. The van der Waals surface area contributed by atoms with Gasteiger partial charge in [0.05, 0.1) is 58.2 Å². The van der Waals surface area contributed by atoms with Crippen LogP contribution in [0.5, 0.6) is 23.0 Å². The van der Waals surface area contributed by atoms with Gasteiger partial charge in [-0.25, -0.2) is 26.3 Å². The molecule has 8 aromatic carbocycles. The van der Waals surface area contributed by atoms with Gasteiger partial charge in [-0.1, -0.05) is 121 Å². The third kappa shape index (κ3) is 21.7. The summed E-state index contributed by atoms with van der Waals surface area (Å²) in [5.74, 6) is 6.59. The van der Waals surface area contributed by atoms with E-state index >= 15 is 0 Å². The Kier molecular flexibility index (Phi) is 29.4. The summed E-state index contributed by atoms with van der Waals surface area (Å²) >= 11 is 0. The number of nitrogens with zero attached hydrogens (tertiary/aromatic N) is 14. The van der Waals surface area contributed by atoms with E-state index in [-0.39, 0.29) is 77.3 Å². The van der Waals surface area contributed by atoms with Gasteiger partial charge in [-0.05, 0) is 250 Å². The van der Waals surface area contributed by atoms with E-state index in [0.29, 0.717) is 152 Å². The molecule has 0 spiro atoms. The van der Waals surface area contributed by atoms with Crippen LogP contribution in [0, 0.1) is 63.1 Å². The molecule has 0 unspecified atom stereocenters. The lowest BCUT2D eigenvalue weighted by atomic mass is 9.92. The first-order valence-corrected chi connectivity index (χ1v) is 48.8. The highest BCUT2D eigenvalue weighted by Crippen LogP contribution is 2.47. The highest BCUT2D eigenvalue weighted by Gasteiger charge is 2.42. The summed E-state index contributed by atoms with van der Waals surface area (Å²) in [6.07, 6.45) is 8.08. The molecular formula is C102H108N16O14S2. The van der Waals surface area contributed by atoms with E-state index in [2.05, 4.69) is 96.2 Å². The standard InChI is InChI=1S/2C26H26N4O3.2C25H28N4O4S/c2*1-15(2)32-24-10-7-17(11-18(24)12-27)26-28-25(29-33-26)22-6-4-5-21-20(22)8-9-23(21)30-13-19(14-30)16(3)31;1-15(2)14-34(30,31)29-22-10-9-19-20(22)6-5-7-21(19)24-27-25(33-28-24)17-8-11-23(32-16(3)4)18(12-17)13-26;1-4-5-13-34(30,31)29-22-11-10-19-20(22)7-6-8-21(19)24-27-25(33-28-24)17-9-12-23(32-16(2)3)18(14-17)15-26/h2*4-7,10-11,15,19,23H,8-9,13-14H2,1-3H3;5-8,11-12,15-16,22,29H,9-10,14H2,1-4H3;6-9,12,14,16,22,29H,4-5,10-11,13H2,1-3H3/t2*23-;2*22-/m1010/s1. The lowest BCUT2D eigenvalue weighted by Crippen LogP contribution is -2.50. The number of likely N-dealkylation sites (tertiary alicyclic amines) is 2. The number of unbranched alkanes of at least 4 members (excludes halogenated alkanes) is 1. The predicted octanol–water partition coefficient (Wildman–Crippen LogP) is 18.5. The minimum Gasteiger partial charge on any atom is -0.490 e.